The molecule has 0 spiro atoms. The molecule has 11 heteroatoms. The number of rotatable bonds is 9. The zero-order chi connectivity index (χ0) is 28.3. The van der Waals surface area contributed by atoms with Crippen LogP contribution in [0.1, 0.15) is 35.3 Å². The quantitative estimate of drug-likeness (QED) is 0.402. The van der Waals surface area contributed by atoms with Gasteiger partial charge in [0.05, 0.1) is 5.56 Å². The number of halogens is 2. The van der Waals surface area contributed by atoms with Gasteiger partial charge in [0.1, 0.15) is 17.5 Å². The van der Waals surface area contributed by atoms with Crippen molar-refractivity contribution in [3.63, 3.8) is 0 Å². The van der Waals surface area contributed by atoms with E-state index in [2.05, 4.69) is 5.32 Å². The highest BCUT2D eigenvalue weighted by Gasteiger charge is 2.43. The van der Waals surface area contributed by atoms with Crippen molar-refractivity contribution in [2.45, 2.75) is 43.8 Å². The molecule has 0 aromatic heterocycles. The summed E-state index contributed by atoms with van der Waals surface area (Å²) in [5, 5.41) is 3.53. The Kier molecular flexibility index (Phi) is 8.64. The van der Waals surface area contributed by atoms with E-state index in [0.717, 1.165) is 5.56 Å². The van der Waals surface area contributed by atoms with Crippen LogP contribution in [0.5, 0.6) is 0 Å². The standard InChI is InChI=1S/C28H27Cl2N3O5S/c1-18(2)31-27(35)24(14-19-8-4-3-5-9-19)32(16-20-12-13-21(29)15-23(20)30)26(34)17-33-28(36)22-10-6-7-11-25(22)39(33,37)38/h3-13,15,18,24H,14,16-17H2,1-2H3,(H,31,35). The minimum absolute atomic E-state index is 0.00372. The number of hydrogen-bond acceptors (Lipinski definition) is 5. The molecule has 0 saturated carbocycles. The molecule has 4 rings (SSSR count). The first-order valence-corrected chi connectivity index (χ1v) is 14.4. The maximum atomic E-state index is 13.9. The lowest BCUT2D eigenvalue weighted by Crippen LogP contribution is -2.54. The van der Waals surface area contributed by atoms with Crippen LogP contribution in [0, 0.1) is 0 Å². The Labute approximate surface area is 237 Å². The summed E-state index contributed by atoms with van der Waals surface area (Å²) in [4.78, 5) is 41.5. The zero-order valence-corrected chi connectivity index (χ0v) is 23.6. The molecule has 3 amide bonds. The van der Waals surface area contributed by atoms with Gasteiger partial charge in [-0.3, -0.25) is 14.4 Å². The second kappa shape index (κ2) is 11.8. The molecular formula is C28H27Cl2N3O5S. The number of hydrogen-bond donors (Lipinski definition) is 1. The van der Waals surface area contributed by atoms with Crippen LogP contribution in [0.2, 0.25) is 10.0 Å². The molecule has 3 aromatic rings. The van der Waals surface area contributed by atoms with E-state index < -0.39 is 40.3 Å². The van der Waals surface area contributed by atoms with Gasteiger partial charge in [-0.15, -0.1) is 0 Å². The Morgan fingerprint density at radius 1 is 0.974 bits per heavy atom. The van der Waals surface area contributed by atoms with Crippen LogP contribution in [0.15, 0.2) is 77.7 Å². The van der Waals surface area contributed by atoms with Crippen LogP contribution < -0.4 is 5.32 Å². The number of nitrogens with one attached hydrogen (secondary N) is 1. The smallest absolute Gasteiger partial charge is 0.269 e. The maximum absolute atomic E-state index is 13.9. The van der Waals surface area contributed by atoms with Crippen LogP contribution in [0.4, 0.5) is 0 Å². The van der Waals surface area contributed by atoms with Crippen LogP contribution in [-0.4, -0.2) is 54.0 Å². The first kappa shape index (κ1) is 28.6. The Morgan fingerprint density at radius 2 is 1.64 bits per heavy atom. The van der Waals surface area contributed by atoms with E-state index in [4.69, 9.17) is 23.2 Å². The van der Waals surface area contributed by atoms with Crippen molar-refractivity contribution in [3.8, 4) is 0 Å². The number of nitrogens with zero attached hydrogens (tertiary/aromatic N) is 2. The van der Waals surface area contributed by atoms with Crippen molar-refractivity contribution >= 4 is 50.9 Å². The summed E-state index contributed by atoms with van der Waals surface area (Å²) in [6, 6.07) is 18.5. The van der Waals surface area contributed by atoms with Gasteiger partial charge in [-0.1, -0.05) is 71.7 Å². The van der Waals surface area contributed by atoms with E-state index in [-0.39, 0.29) is 34.5 Å². The topological polar surface area (TPSA) is 104 Å². The third-order valence-corrected chi connectivity index (χ3v) is 8.62. The van der Waals surface area contributed by atoms with Gasteiger partial charge in [-0.2, -0.15) is 0 Å². The molecule has 3 aromatic carbocycles. The molecule has 1 aliphatic heterocycles. The Bertz CT molecular complexity index is 1510. The van der Waals surface area contributed by atoms with Crippen LogP contribution in [-0.2, 0) is 32.6 Å². The summed E-state index contributed by atoms with van der Waals surface area (Å²) in [5.41, 5.74) is 1.29. The predicted octanol–water partition coefficient (Wildman–Crippen LogP) is 4.30. The average Bonchev–Trinajstić information content (AvgIpc) is 3.08. The van der Waals surface area contributed by atoms with E-state index in [9.17, 15) is 22.8 Å². The molecule has 0 bridgehead atoms. The number of carbonyl (C=O) groups excluding carboxylic acids is 3. The zero-order valence-electron chi connectivity index (χ0n) is 21.3. The summed E-state index contributed by atoms with van der Waals surface area (Å²) >= 11 is 12.5. The highest BCUT2D eigenvalue weighted by molar-refractivity contribution is 7.90. The molecule has 1 N–H and O–H groups in total. The second-order valence-electron chi connectivity index (χ2n) is 9.44. The first-order valence-electron chi connectivity index (χ1n) is 12.2. The van der Waals surface area contributed by atoms with Crippen molar-refractivity contribution in [2.24, 2.45) is 0 Å². The fourth-order valence-electron chi connectivity index (χ4n) is 4.37. The first-order chi connectivity index (χ1) is 18.5. The highest BCUT2D eigenvalue weighted by atomic mass is 35.5. The van der Waals surface area contributed by atoms with Gasteiger partial charge in [0.25, 0.3) is 15.9 Å². The van der Waals surface area contributed by atoms with Crippen molar-refractivity contribution in [2.75, 3.05) is 6.54 Å². The van der Waals surface area contributed by atoms with Gasteiger partial charge in [0.15, 0.2) is 0 Å². The van der Waals surface area contributed by atoms with Crippen LogP contribution in [0.25, 0.3) is 0 Å². The molecule has 8 nitrogen and oxygen atoms in total. The number of sulfonamides is 1. The Morgan fingerprint density at radius 3 is 2.28 bits per heavy atom. The van der Waals surface area contributed by atoms with Crippen LogP contribution in [0.3, 0.4) is 0 Å². The summed E-state index contributed by atoms with van der Waals surface area (Å²) < 4.78 is 26.9. The van der Waals surface area contributed by atoms with Crippen molar-refractivity contribution in [1.82, 2.24) is 14.5 Å². The molecule has 0 radical (unpaired) electrons. The normalized spacial score (nSPS) is 14.7. The minimum atomic E-state index is -4.24. The van der Waals surface area contributed by atoms with Gasteiger partial charge in [0.2, 0.25) is 11.8 Å². The van der Waals surface area contributed by atoms with Gasteiger partial charge in [-0.05, 0) is 49.2 Å². The summed E-state index contributed by atoms with van der Waals surface area (Å²) in [6.45, 7) is 2.70. The molecule has 39 heavy (non-hydrogen) atoms. The molecule has 0 aliphatic carbocycles. The van der Waals surface area contributed by atoms with Gasteiger partial charge < -0.3 is 10.2 Å². The van der Waals surface area contributed by atoms with Crippen molar-refractivity contribution in [3.05, 3.63) is 99.5 Å². The fraction of sp³-hybridized carbons (Fsp3) is 0.250. The molecule has 1 aliphatic rings. The molecule has 1 heterocycles. The lowest BCUT2D eigenvalue weighted by molar-refractivity contribution is -0.141. The molecule has 1 unspecified atom stereocenters. The molecule has 0 saturated heterocycles. The monoisotopic (exact) mass is 587 g/mol. The molecule has 204 valence electrons. The van der Waals surface area contributed by atoms with Gasteiger partial charge in [-0.25, -0.2) is 12.7 Å². The van der Waals surface area contributed by atoms with E-state index >= 15 is 0 Å². The second-order valence-corrected chi connectivity index (χ2v) is 12.1. The molecular weight excluding hydrogens is 561 g/mol. The number of amides is 3. The largest absolute Gasteiger partial charge is 0.352 e. The number of carbonyl (C=O) groups is 3. The van der Waals surface area contributed by atoms with Gasteiger partial charge >= 0.3 is 0 Å². The van der Waals surface area contributed by atoms with E-state index in [0.29, 0.717) is 14.9 Å². The number of benzene rings is 3. The third-order valence-electron chi connectivity index (χ3n) is 6.25. The van der Waals surface area contributed by atoms with Crippen molar-refractivity contribution in [1.29, 1.82) is 0 Å². The molecule has 0 fully saturated rings. The predicted molar refractivity (Wildman–Crippen MR) is 149 cm³/mol. The number of fused-ring (bicyclic) bond motifs is 1. The Hall–Kier alpha value is -3.40. The van der Waals surface area contributed by atoms with Crippen LogP contribution >= 0.6 is 23.2 Å². The maximum Gasteiger partial charge on any atom is 0.269 e. The fourth-order valence-corrected chi connectivity index (χ4v) is 6.36. The van der Waals surface area contributed by atoms with Gasteiger partial charge in [0, 0.05) is 29.1 Å². The Balaban J connectivity index is 1.74. The lowest BCUT2D eigenvalue weighted by atomic mass is 10.0. The minimum Gasteiger partial charge on any atom is -0.352 e. The third kappa shape index (κ3) is 6.27. The average molecular weight is 589 g/mol. The summed E-state index contributed by atoms with van der Waals surface area (Å²) in [7, 11) is -4.24. The summed E-state index contributed by atoms with van der Waals surface area (Å²) in [5.74, 6) is -1.95. The SMILES string of the molecule is CC(C)NC(=O)C(Cc1ccccc1)N(Cc1ccc(Cl)cc1Cl)C(=O)CN1C(=O)c2ccccc2S1(=O)=O. The lowest BCUT2D eigenvalue weighted by Gasteiger charge is -2.33. The van der Waals surface area contributed by atoms with E-state index in [1.165, 1.54) is 29.2 Å². The summed E-state index contributed by atoms with van der Waals surface area (Å²) in [6.07, 6.45) is 0.150. The highest BCUT2D eigenvalue weighted by Crippen LogP contribution is 2.30. The van der Waals surface area contributed by atoms with E-state index in [1.54, 1.807) is 32.0 Å². The molecule has 1 atom stereocenters. The van der Waals surface area contributed by atoms with Crippen molar-refractivity contribution < 1.29 is 22.8 Å². The van der Waals surface area contributed by atoms with E-state index in [1.807, 2.05) is 30.3 Å².